The number of piperidine rings is 2. The van der Waals surface area contributed by atoms with Gasteiger partial charge in [-0.1, -0.05) is 133 Å². The number of hydrogen-bond donors (Lipinski definition) is 0. The number of amides is 2. The molecule has 82 heavy (non-hydrogen) atoms. The number of benzene rings is 6. The van der Waals surface area contributed by atoms with Gasteiger partial charge in [0.15, 0.2) is 0 Å². The summed E-state index contributed by atoms with van der Waals surface area (Å²) >= 11 is 0. The molecular formula is C69H84N2O9Si2. The van der Waals surface area contributed by atoms with Gasteiger partial charge in [0.25, 0.3) is 0 Å². The Labute approximate surface area is 489 Å². The fourth-order valence-electron chi connectivity index (χ4n) is 10.8. The lowest BCUT2D eigenvalue weighted by Crippen LogP contribution is -2.68. The van der Waals surface area contributed by atoms with Crippen molar-refractivity contribution >= 4 is 68.0 Å². The van der Waals surface area contributed by atoms with Gasteiger partial charge in [-0.3, -0.25) is 9.59 Å². The van der Waals surface area contributed by atoms with Crippen LogP contribution in [-0.4, -0.2) is 93.5 Å². The molecule has 2 saturated heterocycles. The maximum atomic E-state index is 14.4. The molecule has 6 aromatic carbocycles. The van der Waals surface area contributed by atoms with Crippen LogP contribution in [0.1, 0.15) is 130 Å². The van der Waals surface area contributed by atoms with Crippen molar-refractivity contribution in [2.75, 3.05) is 26.2 Å². The van der Waals surface area contributed by atoms with Crippen LogP contribution < -0.4 is 29.6 Å². The largest absolute Gasteiger partial charge is 0.514 e. The summed E-state index contributed by atoms with van der Waals surface area (Å²) in [6.07, 6.45) is 12.8. The van der Waals surface area contributed by atoms with Gasteiger partial charge in [0, 0.05) is 71.9 Å². The third-order valence-corrected chi connectivity index (χ3v) is 21.6. The molecule has 0 atom stereocenters. The molecule has 2 amide bonds. The van der Waals surface area contributed by atoms with Gasteiger partial charge in [0.2, 0.25) is 11.8 Å². The van der Waals surface area contributed by atoms with Crippen LogP contribution >= 0.6 is 0 Å². The maximum Gasteiger partial charge on any atom is 0.509 e. The summed E-state index contributed by atoms with van der Waals surface area (Å²) in [5.74, 6) is 1.07. The lowest BCUT2D eigenvalue weighted by molar-refractivity contribution is -0.127. The van der Waals surface area contributed by atoms with Crippen molar-refractivity contribution < 1.29 is 41.6 Å². The second-order valence-electron chi connectivity index (χ2n) is 24.8. The van der Waals surface area contributed by atoms with Crippen molar-refractivity contribution in [3.63, 3.8) is 0 Å². The van der Waals surface area contributed by atoms with E-state index in [1.165, 1.54) is 0 Å². The van der Waals surface area contributed by atoms with Gasteiger partial charge in [0.1, 0.15) is 22.7 Å². The van der Waals surface area contributed by atoms with Gasteiger partial charge in [-0.15, -0.1) is 0 Å². The van der Waals surface area contributed by atoms with Gasteiger partial charge in [-0.2, -0.15) is 0 Å². The second kappa shape index (κ2) is 26.5. The molecule has 2 fully saturated rings. The van der Waals surface area contributed by atoms with Gasteiger partial charge >= 0.3 is 23.3 Å². The Morgan fingerprint density at radius 2 is 0.732 bits per heavy atom. The predicted octanol–water partition coefficient (Wildman–Crippen LogP) is 12.1. The van der Waals surface area contributed by atoms with Crippen molar-refractivity contribution in [3.8, 4) is 11.5 Å². The minimum atomic E-state index is -3.47. The molecule has 2 aliphatic heterocycles. The Hall–Kier alpha value is -7.04. The van der Waals surface area contributed by atoms with Crippen LogP contribution in [0.15, 0.2) is 170 Å². The topological polar surface area (TPSA) is 113 Å². The lowest BCUT2D eigenvalue weighted by Gasteiger charge is -2.37. The van der Waals surface area contributed by atoms with Crippen LogP contribution in [0, 0.1) is 0 Å². The highest BCUT2D eigenvalue weighted by molar-refractivity contribution is 6.93. The first-order chi connectivity index (χ1) is 39.0. The van der Waals surface area contributed by atoms with E-state index in [1.54, 1.807) is 12.2 Å². The average molecular weight is 1140 g/mol. The summed E-state index contributed by atoms with van der Waals surface area (Å²) in [6.45, 7) is 22.6. The standard InChI is InChI=1S/C69H84N2O9Si2/c1-66(2,3)79-81(59-29-17-11-18-30-59,60-31-19-12-20-32-60)77-57-41-37-53(39-43-63(72)70-45-25-15-26-46-70)55(49-57)51-68(7,8)75-65(74)76-69(9,10)52-56-50-58(42-38-54(56)40-44-64(73)71-47-27-16-28-48-71)78-82(80-67(4,5)6,61-33-21-13-22-34-61)62-35-23-14-24-36-62/h11-14,17-24,29-44,49-50H,15-16,25-28,45-48,51-52H2,1-10H3/b43-39+,44-40+. The van der Waals surface area contributed by atoms with E-state index >= 15 is 0 Å². The van der Waals surface area contributed by atoms with Crippen molar-refractivity contribution in [2.45, 2.75) is 143 Å². The molecule has 2 heterocycles. The van der Waals surface area contributed by atoms with E-state index in [1.807, 2.05) is 200 Å². The van der Waals surface area contributed by atoms with Gasteiger partial charge < -0.3 is 37.0 Å². The lowest BCUT2D eigenvalue weighted by atomic mass is 9.93. The minimum Gasteiger partial charge on any atom is -0.514 e. The van der Waals surface area contributed by atoms with Gasteiger partial charge in [-0.05, 0) is 166 Å². The first kappa shape index (κ1) is 61.0. The summed E-state index contributed by atoms with van der Waals surface area (Å²) in [5, 5.41) is 3.78. The zero-order valence-corrected chi connectivity index (χ0v) is 51.9. The molecule has 0 spiro atoms. The summed E-state index contributed by atoms with van der Waals surface area (Å²) in [4.78, 5) is 45.3. The normalized spacial score (nSPS) is 14.9. The Morgan fingerprint density at radius 1 is 0.427 bits per heavy atom. The third-order valence-electron chi connectivity index (χ3n) is 14.4. The van der Waals surface area contributed by atoms with E-state index in [2.05, 4.69) is 48.5 Å². The van der Waals surface area contributed by atoms with Crippen LogP contribution in [0.2, 0.25) is 0 Å². The summed E-state index contributed by atoms with van der Waals surface area (Å²) in [7, 11) is -6.93. The van der Waals surface area contributed by atoms with Gasteiger partial charge in [0.05, 0.1) is 11.2 Å². The Morgan fingerprint density at radius 3 is 1.02 bits per heavy atom. The Kier molecular flexibility index (Phi) is 19.7. The number of carbonyl (C=O) groups is 3. The minimum absolute atomic E-state index is 0.0400. The highest BCUT2D eigenvalue weighted by Crippen LogP contribution is 2.33. The molecule has 2 aliphatic rings. The first-order valence-corrected chi connectivity index (χ1v) is 32.8. The zero-order valence-electron chi connectivity index (χ0n) is 49.9. The molecule has 11 nitrogen and oxygen atoms in total. The van der Waals surface area contributed by atoms with E-state index in [9.17, 15) is 14.4 Å². The van der Waals surface area contributed by atoms with Crippen LogP contribution in [0.3, 0.4) is 0 Å². The average Bonchev–Trinajstić information content (AvgIpc) is 3.55. The number of rotatable bonds is 20. The van der Waals surface area contributed by atoms with Crippen LogP contribution in [0.4, 0.5) is 4.79 Å². The summed E-state index contributed by atoms with van der Waals surface area (Å²) in [5.41, 5.74) is -0.236. The molecule has 13 heteroatoms. The molecule has 0 saturated carbocycles. The molecule has 0 N–H and O–H groups in total. The molecule has 6 aromatic rings. The Balaban J connectivity index is 1.10. The molecule has 0 bridgehead atoms. The molecule has 0 unspecified atom stereocenters. The number of likely N-dealkylation sites (tertiary alicyclic amines) is 2. The quantitative estimate of drug-likeness (QED) is 0.0419. The number of carbonyl (C=O) groups excluding carboxylic acids is 3. The zero-order chi connectivity index (χ0) is 58.6. The Bertz CT molecular complexity index is 2850. The van der Waals surface area contributed by atoms with E-state index in [0.717, 1.165) is 108 Å². The van der Waals surface area contributed by atoms with E-state index in [4.69, 9.17) is 27.2 Å². The summed E-state index contributed by atoms with van der Waals surface area (Å²) < 4.78 is 41.5. The van der Waals surface area contributed by atoms with Gasteiger partial charge in [-0.25, -0.2) is 4.79 Å². The van der Waals surface area contributed by atoms with Crippen LogP contribution in [-0.2, 0) is 40.8 Å². The van der Waals surface area contributed by atoms with Crippen molar-refractivity contribution in [2.24, 2.45) is 0 Å². The van der Waals surface area contributed by atoms with E-state index < -0.39 is 45.7 Å². The van der Waals surface area contributed by atoms with Crippen LogP contribution in [0.5, 0.6) is 11.5 Å². The smallest absolute Gasteiger partial charge is 0.509 e. The third kappa shape index (κ3) is 16.6. The molecule has 0 radical (unpaired) electrons. The monoisotopic (exact) mass is 1140 g/mol. The maximum absolute atomic E-state index is 14.4. The number of ether oxygens (including phenoxy) is 2. The van der Waals surface area contributed by atoms with Crippen molar-refractivity contribution in [1.82, 2.24) is 9.80 Å². The molecule has 0 aliphatic carbocycles. The number of hydrogen-bond acceptors (Lipinski definition) is 9. The van der Waals surface area contributed by atoms with Crippen molar-refractivity contribution in [3.05, 3.63) is 192 Å². The highest BCUT2D eigenvalue weighted by atomic mass is 28.4. The highest BCUT2D eigenvalue weighted by Gasteiger charge is 2.49. The van der Waals surface area contributed by atoms with Crippen LogP contribution in [0.25, 0.3) is 12.2 Å². The number of nitrogens with zero attached hydrogens (tertiary/aromatic N) is 2. The predicted molar refractivity (Wildman–Crippen MR) is 334 cm³/mol. The fourth-order valence-corrected chi connectivity index (χ4v) is 17.7. The van der Waals surface area contributed by atoms with E-state index in [0.29, 0.717) is 11.5 Å². The fraction of sp³-hybridized carbons (Fsp3) is 0.377. The molecule has 0 aromatic heterocycles. The molecule has 432 valence electrons. The van der Waals surface area contributed by atoms with E-state index in [-0.39, 0.29) is 24.7 Å². The SMILES string of the molecule is CC(C)(C)O[Si](Oc1ccc(/C=C/C(=O)N2CCCCC2)c(CC(C)(C)OC(=O)OC(C)(C)Cc2cc(O[Si](OC(C)(C)C)(c3ccccc3)c3ccccc3)ccc2/C=C/C(=O)N2CCCCC2)c1)(c1ccccc1)c1ccccc1. The van der Waals surface area contributed by atoms with Crippen molar-refractivity contribution in [1.29, 1.82) is 0 Å². The molecule has 8 rings (SSSR count). The summed E-state index contributed by atoms with van der Waals surface area (Å²) in [6, 6.07) is 52.2. The molecular weight excluding hydrogens is 1060 g/mol. The second-order valence-corrected chi connectivity index (χ2v) is 30.4. The first-order valence-electron chi connectivity index (χ1n) is 29.1.